The van der Waals surface area contributed by atoms with Gasteiger partial charge in [-0.05, 0) is 40.7 Å². The second-order valence-corrected chi connectivity index (χ2v) is 6.35. The standard InChI is InChI=1S/C13H24N2O3/c1-13(2,3)18-12(17)15-7-9-5-6-10(14(9)4)11(15)8-16/h9-11,16H,5-8H2,1-4H3. The van der Waals surface area contributed by atoms with Crippen LogP contribution in [0.25, 0.3) is 0 Å². The molecule has 2 rings (SSSR count). The number of aliphatic hydroxyl groups is 1. The van der Waals surface area contributed by atoms with Crippen LogP contribution in [0.15, 0.2) is 0 Å². The van der Waals surface area contributed by atoms with Crippen LogP contribution in [0.4, 0.5) is 4.79 Å². The summed E-state index contributed by atoms with van der Waals surface area (Å²) in [4.78, 5) is 16.2. The van der Waals surface area contributed by atoms with E-state index in [1.165, 1.54) is 0 Å². The quantitative estimate of drug-likeness (QED) is 0.762. The smallest absolute Gasteiger partial charge is 0.410 e. The SMILES string of the molecule is CN1C2CCC1C(CO)N(C(=O)OC(C)(C)C)C2. The Bertz CT molecular complexity index is 327. The van der Waals surface area contributed by atoms with Crippen molar-refractivity contribution in [1.29, 1.82) is 0 Å². The van der Waals surface area contributed by atoms with Gasteiger partial charge in [0.2, 0.25) is 0 Å². The Kier molecular flexibility index (Phi) is 3.56. The molecular formula is C13H24N2O3. The summed E-state index contributed by atoms with van der Waals surface area (Å²) in [7, 11) is 2.08. The van der Waals surface area contributed by atoms with E-state index in [2.05, 4.69) is 11.9 Å². The van der Waals surface area contributed by atoms with Crippen molar-refractivity contribution in [3.8, 4) is 0 Å². The number of amides is 1. The summed E-state index contributed by atoms with van der Waals surface area (Å²) in [6.45, 7) is 6.25. The molecule has 2 bridgehead atoms. The van der Waals surface area contributed by atoms with E-state index in [-0.39, 0.29) is 24.8 Å². The first-order chi connectivity index (χ1) is 8.33. The first-order valence-corrected chi connectivity index (χ1v) is 6.66. The van der Waals surface area contributed by atoms with Crippen LogP contribution in [0.3, 0.4) is 0 Å². The summed E-state index contributed by atoms with van der Waals surface area (Å²) >= 11 is 0. The summed E-state index contributed by atoms with van der Waals surface area (Å²) in [5.41, 5.74) is -0.487. The van der Waals surface area contributed by atoms with Crippen molar-refractivity contribution < 1.29 is 14.6 Å². The van der Waals surface area contributed by atoms with Crippen LogP contribution in [0, 0.1) is 0 Å². The number of ether oxygens (including phenoxy) is 1. The summed E-state index contributed by atoms with van der Waals surface area (Å²) in [6.07, 6.45) is 1.84. The highest BCUT2D eigenvalue weighted by atomic mass is 16.6. The van der Waals surface area contributed by atoms with E-state index < -0.39 is 5.60 Å². The Hall–Kier alpha value is -0.810. The van der Waals surface area contributed by atoms with Gasteiger partial charge >= 0.3 is 6.09 Å². The third-order valence-electron chi connectivity index (χ3n) is 3.96. The zero-order valence-corrected chi connectivity index (χ0v) is 11.7. The Morgan fingerprint density at radius 2 is 2.06 bits per heavy atom. The van der Waals surface area contributed by atoms with Crippen molar-refractivity contribution in [3.63, 3.8) is 0 Å². The minimum atomic E-state index is -0.487. The molecule has 104 valence electrons. The van der Waals surface area contributed by atoms with E-state index in [1.807, 2.05) is 20.8 Å². The average molecular weight is 256 g/mol. The molecular weight excluding hydrogens is 232 g/mol. The molecule has 0 aromatic heterocycles. The lowest BCUT2D eigenvalue weighted by atomic mass is 10.0. The summed E-state index contributed by atoms with van der Waals surface area (Å²) in [5, 5.41) is 9.57. The molecule has 2 heterocycles. The molecule has 0 radical (unpaired) electrons. The largest absolute Gasteiger partial charge is 0.444 e. The topological polar surface area (TPSA) is 53.0 Å². The molecule has 0 aromatic carbocycles. The van der Waals surface area contributed by atoms with Crippen molar-refractivity contribution in [2.75, 3.05) is 20.2 Å². The lowest BCUT2D eigenvalue weighted by Crippen LogP contribution is -2.61. The number of likely N-dealkylation sites (N-methyl/N-ethyl adjacent to an activating group) is 1. The van der Waals surface area contributed by atoms with Gasteiger partial charge in [0.25, 0.3) is 0 Å². The number of rotatable bonds is 1. The molecule has 18 heavy (non-hydrogen) atoms. The molecule has 2 aliphatic heterocycles. The number of fused-ring (bicyclic) bond motifs is 2. The molecule has 2 aliphatic rings. The van der Waals surface area contributed by atoms with Crippen molar-refractivity contribution in [2.45, 2.75) is 57.3 Å². The van der Waals surface area contributed by atoms with Gasteiger partial charge in [0.05, 0.1) is 12.6 Å². The third kappa shape index (κ3) is 2.47. The first-order valence-electron chi connectivity index (χ1n) is 6.66. The lowest BCUT2D eigenvalue weighted by molar-refractivity contribution is -0.0278. The zero-order valence-electron chi connectivity index (χ0n) is 11.7. The third-order valence-corrected chi connectivity index (χ3v) is 3.96. The van der Waals surface area contributed by atoms with Crippen LogP contribution >= 0.6 is 0 Å². The van der Waals surface area contributed by atoms with Crippen LogP contribution in [-0.2, 0) is 4.74 Å². The van der Waals surface area contributed by atoms with Crippen LogP contribution in [0.1, 0.15) is 33.6 Å². The van der Waals surface area contributed by atoms with Gasteiger partial charge in [-0.1, -0.05) is 0 Å². The molecule has 3 atom stereocenters. The second-order valence-electron chi connectivity index (χ2n) is 6.35. The number of likely N-dealkylation sites (tertiary alicyclic amines) is 1. The molecule has 0 aliphatic carbocycles. The molecule has 1 amide bonds. The molecule has 0 aromatic rings. The average Bonchev–Trinajstić information content (AvgIpc) is 2.49. The van der Waals surface area contributed by atoms with Crippen LogP contribution in [-0.4, -0.2) is 64.9 Å². The number of carbonyl (C=O) groups is 1. The fourth-order valence-electron chi connectivity index (χ4n) is 3.05. The number of hydrogen-bond donors (Lipinski definition) is 1. The van der Waals surface area contributed by atoms with Gasteiger partial charge in [0, 0.05) is 18.6 Å². The highest BCUT2D eigenvalue weighted by molar-refractivity contribution is 5.69. The predicted molar refractivity (Wildman–Crippen MR) is 68.4 cm³/mol. The van der Waals surface area contributed by atoms with Crippen molar-refractivity contribution >= 4 is 6.09 Å². The number of hydrogen-bond acceptors (Lipinski definition) is 4. The normalized spacial score (nSPS) is 32.7. The molecule has 0 saturated carbocycles. The highest BCUT2D eigenvalue weighted by Gasteiger charge is 2.46. The summed E-state index contributed by atoms with van der Waals surface area (Å²) in [6, 6.07) is 0.537. The first kappa shape index (κ1) is 13.6. The van der Waals surface area contributed by atoms with Gasteiger partial charge < -0.3 is 9.84 Å². The van der Waals surface area contributed by atoms with Gasteiger partial charge in [-0.15, -0.1) is 0 Å². The molecule has 5 nitrogen and oxygen atoms in total. The Balaban J connectivity index is 2.11. The molecule has 2 fully saturated rings. The van der Waals surface area contributed by atoms with Crippen molar-refractivity contribution in [3.05, 3.63) is 0 Å². The van der Waals surface area contributed by atoms with Crippen molar-refractivity contribution in [2.24, 2.45) is 0 Å². The zero-order chi connectivity index (χ0) is 13.5. The number of piperazine rings is 1. The molecule has 5 heteroatoms. The van der Waals surface area contributed by atoms with Crippen molar-refractivity contribution in [1.82, 2.24) is 9.80 Å². The van der Waals surface area contributed by atoms with Crippen LogP contribution in [0.5, 0.6) is 0 Å². The maximum atomic E-state index is 12.2. The molecule has 0 spiro atoms. The van der Waals surface area contributed by atoms with E-state index in [4.69, 9.17) is 4.74 Å². The summed E-state index contributed by atoms with van der Waals surface area (Å²) in [5.74, 6) is 0. The van der Waals surface area contributed by atoms with Gasteiger partial charge in [0.1, 0.15) is 5.60 Å². The maximum absolute atomic E-state index is 12.2. The lowest BCUT2D eigenvalue weighted by Gasteiger charge is -2.44. The van der Waals surface area contributed by atoms with E-state index in [9.17, 15) is 9.90 Å². The van der Waals surface area contributed by atoms with Gasteiger partial charge in [0.15, 0.2) is 0 Å². The van der Waals surface area contributed by atoms with Gasteiger partial charge in [-0.2, -0.15) is 0 Å². The van der Waals surface area contributed by atoms with E-state index in [0.717, 1.165) is 12.8 Å². The molecule has 1 N–H and O–H groups in total. The minimum absolute atomic E-state index is 0.000962. The van der Waals surface area contributed by atoms with Gasteiger partial charge in [-0.3, -0.25) is 9.80 Å². The predicted octanol–water partition coefficient (Wildman–Crippen LogP) is 1.06. The van der Waals surface area contributed by atoms with Crippen LogP contribution in [0.2, 0.25) is 0 Å². The van der Waals surface area contributed by atoms with E-state index in [0.29, 0.717) is 12.6 Å². The van der Waals surface area contributed by atoms with E-state index >= 15 is 0 Å². The van der Waals surface area contributed by atoms with E-state index in [1.54, 1.807) is 4.90 Å². The second kappa shape index (κ2) is 4.70. The Morgan fingerprint density at radius 1 is 1.39 bits per heavy atom. The number of nitrogens with zero attached hydrogens (tertiary/aromatic N) is 2. The minimum Gasteiger partial charge on any atom is -0.444 e. The fourth-order valence-corrected chi connectivity index (χ4v) is 3.05. The fraction of sp³-hybridized carbons (Fsp3) is 0.923. The number of aliphatic hydroxyl groups excluding tert-OH is 1. The summed E-state index contributed by atoms with van der Waals surface area (Å²) < 4.78 is 5.43. The number of carbonyl (C=O) groups excluding carboxylic acids is 1. The highest BCUT2D eigenvalue weighted by Crippen LogP contribution is 2.33. The van der Waals surface area contributed by atoms with Crippen LogP contribution < -0.4 is 0 Å². The molecule has 2 saturated heterocycles. The van der Waals surface area contributed by atoms with Gasteiger partial charge in [-0.25, -0.2) is 4.79 Å². The Morgan fingerprint density at radius 3 is 2.61 bits per heavy atom. The molecule has 3 unspecified atom stereocenters. The Labute approximate surface area is 109 Å². The monoisotopic (exact) mass is 256 g/mol. The maximum Gasteiger partial charge on any atom is 0.410 e.